The van der Waals surface area contributed by atoms with Crippen LogP contribution < -0.4 is 10.1 Å². The van der Waals surface area contributed by atoms with Gasteiger partial charge in [0.1, 0.15) is 5.75 Å². The maximum atomic E-state index is 12.3. The second kappa shape index (κ2) is 6.93. The number of carbonyl (C=O) groups excluding carboxylic acids is 1. The molecule has 0 aliphatic rings. The SMILES string of the molecule is COc1ccc(C)cc1C(=O)NC[C@H](C)c1ccccc1. The Labute approximate surface area is 126 Å². The molecule has 3 heteroatoms. The molecule has 0 spiro atoms. The average molecular weight is 283 g/mol. The zero-order chi connectivity index (χ0) is 15.2. The Hall–Kier alpha value is -2.29. The molecule has 0 heterocycles. The lowest BCUT2D eigenvalue weighted by molar-refractivity contribution is 0.0948. The zero-order valence-electron chi connectivity index (χ0n) is 12.7. The van der Waals surface area contributed by atoms with Crippen molar-refractivity contribution < 1.29 is 9.53 Å². The first-order valence-corrected chi connectivity index (χ1v) is 7.09. The lowest BCUT2D eigenvalue weighted by Crippen LogP contribution is -2.28. The molecule has 0 fully saturated rings. The number of hydrogen-bond acceptors (Lipinski definition) is 2. The van der Waals surface area contributed by atoms with Crippen molar-refractivity contribution in [3.8, 4) is 5.75 Å². The minimum absolute atomic E-state index is 0.0988. The number of carbonyl (C=O) groups is 1. The minimum atomic E-state index is -0.0988. The number of rotatable bonds is 5. The van der Waals surface area contributed by atoms with Gasteiger partial charge >= 0.3 is 0 Å². The monoisotopic (exact) mass is 283 g/mol. The number of nitrogens with one attached hydrogen (secondary N) is 1. The molecule has 2 aromatic carbocycles. The standard InChI is InChI=1S/C18H21NO2/c1-13-9-10-17(21-3)16(11-13)18(20)19-12-14(2)15-7-5-4-6-8-15/h4-11,14H,12H2,1-3H3,(H,19,20)/t14-/m0/s1. The van der Waals surface area contributed by atoms with Gasteiger partial charge in [0, 0.05) is 6.54 Å². The predicted octanol–water partition coefficient (Wildman–Crippen LogP) is 3.54. The van der Waals surface area contributed by atoms with Crippen molar-refractivity contribution >= 4 is 5.91 Å². The summed E-state index contributed by atoms with van der Waals surface area (Å²) in [5, 5.41) is 2.98. The van der Waals surface area contributed by atoms with Crippen LogP contribution in [0, 0.1) is 6.92 Å². The smallest absolute Gasteiger partial charge is 0.255 e. The van der Waals surface area contributed by atoms with Crippen LogP contribution in [-0.2, 0) is 0 Å². The van der Waals surface area contributed by atoms with Crippen LogP contribution in [0.25, 0.3) is 0 Å². The average Bonchev–Trinajstić information content (AvgIpc) is 2.53. The highest BCUT2D eigenvalue weighted by molar-refractivity contribution is 5.97. The Morgan fingerprint density at radius 1 is 1.19 bits per heavy atom. The Morgan fingerprint density at radius 3 is 2.57 bits per heavy atom. The van der Waals surface area contributed by atoms with Crippen LogP contribution >= 0.6 is 0 Å². The first-order chi connectivity index (χ1) is 10.1. The third kappa shape index (κ3) is 3.85. The van der Waals surface area contributed by atoms with Crippen molar-refractivity contribution in [1.29, 1.82) is 0 Å². The summed E-state index contributed by atoms with van der Waals surface area (Å²) in [6.07, 6.45) is 0. The second-order valence-corrected chi connectivity index (χ2v) is 5.23. The number of hydrogen-bond donors (Lipinski definition) is 1. The number of amides is 1. The van der Waals surface area contributed by atoms with Gasteiger partial charge in [-0.15, -0.1) is 0 Å². The molecule has 21 heavy (non-hydrogen) atoms. The van der Waals surface area contributed by atoms with Crippen molar-refractivity contribution in [2.45, 2.75) is 19.8 Å². The van der Waals surface area contributed by atoms with E-state index in [2.05, 4.69) is 24.4 Å². The predicted molar refractivity (Wildman–Crippen MR) is 84.9 cm³/mol. The van der Waals surface area contributed by atoms with Crippen LogP contribution in [0.2, 0.25) is 0 Å². The molecule has 0 radical (unpaired) electrons. The van der Waals surface area contributed by atoms with Gasteiger partial charge in [-0.05, 0) is 30.5 Å². The van der Waals surface area contributed by atoms with Gasteiger partial charge in [0.2, 0.25) is 0 Å². The third-order valence-corrected chi connectivity index (χ3v) is 3.54. The fourth-order valence-corrected chi connectivity index (χ4v) is 2.24. The fourth-order valence-electron chi connectivity index (χ4n) is 2.24. The summed E-state index contributed by atoms with van der Waals surface area (Å²) in [7, 11) is 1.58. The van der Waals surface area contributed by atoms with E-state index in [1.807, 2.05) is 43.3 Å². The maximum Gasteiger partial charge on any atom is 0.255 e. The van der Waals surface area contributed by atoms with Gasteiger partial charge in [-0.3, -0.25) is 4.79 Å². The zero-order valence-corrected chi connectivity index (χ0v) is 12.7. The van der Waals surface area contributed by atoms with E-state index in [1.54, 1.807) is 7.11 Å². The lowest BCUT2D eigenvalue weighted by Gasteiger charge is -2.14. The molecule has 0 saturated carbocycles. The van der Waals surface area contributed by atoms with Gasteiger partial charge in [0.15, 0.2) is 0 Å². The Balaban J connectivity index is 2.04. The highest BCUT2D eigenvalue weighted by Crippen LogP contribution is 2.20. The summed E-state index contributed by atoms with van der Waals surface area (Å²) in [6, 6.07) is 15.8. The quantitative estimate of drug-likeness (QED) is 0.911. The van der Waals surface area contributed by atoms with Gasteiger partial charge in [0.25, 0.3) is 5.91 Å². The molecule has 0 aliphatic carbocycles. The van der Waals surface area contributed by atoms with Crippen LogP contribution in [0.5, 0.6) is 5.75 Å². The van der Waals surface area contributed by atoms with Crippen LogP contribution in [0.4, 0.5) is 0 Å². The van der Waals surface area contributed by atoms with E-state index in [0.29, 0.717) is 17.9 Å². The number of aryl methyl sites for hydroxylation is 1. The van der Waals surface area contributed by atoms with E-state index < -0.39 is 0 Å². The lowest BCUT2D eigenvalue weighted by atomic mass is 10.0. The highest BCUT2D eigenvalue weighted by Gasteiger charge is 2.13. The molecular weight excluding hydrogens is 262 g/mol. The summed E-state index contributed by atoms with van der Waals surface area (Å²) in [5.41, 5.74) is 2.84. The van der Waals surface area contributed by atoms with E-state index >= 15 is 0 Å². The maximum absolute atomic E-state index is 12.3. The highest BCUT2D eigenvalue weighted by atomic mass is 16.5. The van der Waals surface area contributed by atoms with Crippen LogP contribution in [0.15, 0.2) is 48.5 Å². The van der Waals surface area contributed by atoms with Crippen LogP contribution in [0.1, 0.15) is 34.3 Å². The molecule has 0 saturated heterocycles. The molecule has 1 N–H and O–H groups in total. The molecule has 0 aliphatic heterocycles. The van der Waals surface area contributed by atoms with E-state index in [1.165, 1.54) is 5.56 Å². The first-order valence-electron chi connectivity index (χ1n) is 7.09. The molecule has 1 amide bonds. The molecule has 110 valence electrons. The summed E-state index contributed by atoms with van der Waals surface area (Å²) < 4.78 is 5.25. The molecule has 2 aromatic rings. The first kappa shape index (κ1) is 15.1. The summed E-state index contributed by atoms with van der Waals surface area (Å²) in [4.78, 5) is 12.3. The van der Waals surface area contributed by atoms with E-state index in [4.69, 9.17) is 4.74 Å². The largest absolute Gasteiger partial charge is 0.496 e. The fraction of sp³-hybridized carbons (Fsp3) is 0.278. The van der Waals surface area contributed by atoms with Gasteiger partial charge in [-0.2, -0.15) is 0 Å². The molecule has 0 aromatic heterocycles. The number of benzene rings is 2. The van der Waals surface area contributed by atoms with Crippen molar-refractivity contribution in [2.24, 2.45) is 0 Å². The molecule has 0 bridgehead atoms. The molecule has 1 atom stereocenters. The number of ether oxygens (including phenoxy) is 1. The van der Waals surface area contributed by atoms with Crippen molar-refractivity contribution in [3.05, 3.63) is 65.2 Å². The topological polar surface area (TPSA) is 38.3 Å². The van der Waals surface area contributed by atoms with Gasteiger partial charge < -0.3 is 10.1 Å². The molecular formula is C18H21NO2. The Bertz CT molecular complexity index is 608. The van der Waals surface area contributed by atoms with Gasteiger partial charge in [-0.1, -0.05) is 48.9 Å². The van der Waals surface area contributed by atoms with Crippen LogP contribution in [-0.4, -0.2) is 19.6 Å². The molecule has 0 unspecified atom stereocenters. The van der Waals surface area contributed by atoms with E-state index in [0.717, 1.165) is 5.56 Å². The van der Waals surface area contributed by atoms with E-state index in [-0.39, 0.29) is 11.8 Å². The van der Waals surface area contributed by atoms with Gasteiger partial charge in [0.05, 0.1) is 12.7 Å². The summed E-state index contributed by atoms with van der Waals surface area (Å²) >= 11 is 0. The number of methoxy groups -OCH3 is 1. The van der Waals surface area contributed by atoms with Crippen molar-refractivity contribution in [1.82, 2.24) is 5.32 Å². The molecule has 3 nitrogen and oxygen atoms in total. The minimum Gasteiger partial charge on any atom is -0.496 e. The van der Waals surface area contributed by atoms with E-state index in [9.17, 15) is 4.79 Å². The Kier molecular flexibility index (Phi) is 4.99. The second-order valence-electron chi connectivity index (χ2n) is 5.23. The Morgan fingerprint density at radius 2 is 1.90 bits per heavy atom. The van der Waals surface area contributed by atoms with Crippen molar-refractivity contribution in [3.63, 3.8) is 0 Å². The third-order valence-electron chi connectivity index (χ3n) is 3.54. The summed E-state index contributed by atoms with van der Waals surface area (Å²) in [5.74, 6) is 0.773. The summed E-state index contributed by atoms with van der Waals surface area (Å²) in [6.45, 7) is 4.66. The van der Waals surface area contributed by atoms with Gasteiger partial charge in [-0.25, -0.2) is 0 Å². The molecule has 2 rings (SSSR count). The van der Waals surface area contributed by atoms with Crippen molar-refractivity contribution in [2.75, 3.05) is 13.7 Å². The normalized spacial score (nSPS) is 11.8. The van der Waals surface area contributed by atoms with Crippen LogP contribution in [0.3, 0.4) is 0 Å².